The molecule has 2 atom stereocenters. The zero-order valence-corrected chi connectivity index (χ0v) is 20.3. The van der Waals surface area contributed by atoms with Crippen LogP contribution in [-0.2, 0) is 4.79 Å². The van der Waals surface area contributed by atoms with Crippen LogP contribution >= 0.6 is 0 Å². The molecule has 0 bridgehead atoms. The summed E-state index contributed by atoms with van der Waals surface area (Å²) in [4.78, 5) is 25.1. The molecule has 1 amide bonds. The highest BCUT2D eigenvalue weighted by atomic mass is 19.1. The number of hydrogen-bond acceptors (Lipinski definition) is 7. The molecule has 0 radical (unpaired) electrons. The molecule has 0 aliphatic heterocycles. The summed E-state index contributed by atoms with van der Waals surface area (Å²) in [6.07, 6.45) is 7.23. The lowest BCUT2D eigenvalue weighted by Crippen LogP contribution is -2.30. The van der Waals surface area contributed by atoms with Gasteiger partial charge in [0.1, 0.15) is 17.0 Å². The number of aliphatic hydroxyl groups is 1. The number of carbonyl (C=O) groups is 1. The Labute approximate surface area is 211 Å². The van der Waals surface area contributed by atoms with Crippen LogP contribution in [0.25, 0.3) is 11.2 Å². The van der Waals surface area contributed by atoms with Crippen molar-refractivity contribution in [3.05, 3.63) is 35.8 Å². The topological polar surface area (TPSA) is 131 Å². The fourth-order valence-electron chi connectivity index (χ4n) is 5.45. The molecule has 9 nitrogen and oxygen atoms in total. The summed E-state index contributed by atoms with van der Waals surface area (Å²) in [6.45, 7) is 0.516. The number of rotatable bonds is 7. The predicted molar refractivity (Wildman–Crippen MR) is 132 cm³/mol. The van der Waals surface area contributed by atoms with Crippen molar-refractivity contribution in [2.24, 2.45) is 17.6 Å². The van der Waals surface area contributed by atoms with Gasteiger partial charge < -0.3 is 21.5 Å². The molecule has 1 unspecified atom stereocenters. The Morgan fingerprint density at radius 2 is 1.76 bits per heavy atom. The zero-order chi connectivity index (χ0) is 26.1. The van der Waals surface area contributed by atoms with Crippen molar-refractivity contribution >= 4 is 34.7 Å². The molecule has 2 aromatic heterocycles. The first-order valence-corrected chi connectivity index (χ1v) is 12.7. The Morgan fingerprint density at radius 3 is 2.43 bits per heavy atom. The van der Waals surface area contributed by atoms with E-state index in [1.54, 1.807) is 4.57 Å². The van der Waals surface area contributed by atoms with E-state index in [2.05, 4.69) is 25.6 Å². The fraction of sp³-hybridized carbons (Fsp3) is 0.520. The number of aliphatic hydroxyl groups excluding tert-OH is 1. The Morgan fingerprint density at radius 1 is 1.05 bits per heavy atom. The summed E-state index contributed by atoms with van der Waals surface area (Å²) in [5.41, 5.74) is 5.83. The minimum absolute atomic E-state index is 0.101. The molecule has 12 heteroatoms. The van der Waals surface area contributed by atoms with Gasteiger partial charge in [0.2, 0.25) is 17.8 Å². The summed E-state index contributed by atoms with van der Waals surface area (Å²) < 4.78 is 44.1. The van der Waals surface area contributed by atoms with E-state index in [0.717, 1.165) is 25.7 Å². The van der Waals surface area contributed by atoms with E-state index in [1.807, 2.05) is 0 Å². The second-order valence-electron chi connectivity index (χ2n) is 9.98. The quantitative estimate of drug-likeness (QED) is 0.370. The predicted octanol–water partition coefficient (Wildman–Crippen LogP) is 4.17. The van der Waals surface area contributed by atoms with E-state index in [0.29, 0.717) is 61.5 Å². The average Bonchev–Trinajstić information content (AvgIpc) is 3.23. The van der Waals surface area contributed by atoms with Gasteiger partial charge in [0.05, 0.1) is 12.3 Å². The molecule has 3 aromatic rings. The van der Waals surface area contributed by atoms with Crippen molar-refractivity contribution in [1.82, 2.24) is 19.5 Å². The number of primary amides is 1. The number of nitrogens with two attached hydrogens (primary N) is 1. The Bertz CT molecular complexity index is 1270. The summed E-state index contributed by atoms with van der Waals surface area (Å²) in [5, 5.41) is 16.2. The molecule has 5 N–H and O–H groups in total. The van der Waals surface area contributed by atoms with Crippen molar-refractivity contribution in [3.8, 4) is 0 Å². The SMILES string of the molecule is NC(=O)[C@H]1CC[C@@H](n2c(Nc3c(F)cc(F)cc3F)nc3cnc(NCC4CCCC[C@@H]4O)nc32)CC1. The van der Waals surface area contributed by atoms with Crippen molar-refractivity contribution in [2.45, 2.75) is 63.5 Å². The molecular formula is C25H30F3N7O2. The van der Waals surface area contributed by atoms with E-state index >= 15 is 0 Å². The second kappa shape index (κ2) is 10.5. The molecule has 198 valence electrons. The smallest absolute Gasteiger partial charge is 0.224 e. The third-order valence-corrected chi connectivity index (χ3v) is 7.53. The van der Waals surface area contributed by atoms with Crippen molar-refractivity contribution in [3.63, 3.8) is 0 Å². The number of aromatic nitrogens is 4. The van der Waals surface area contributed by atoms with Gasteiger partial charge in [-0.3, -0.25) is 9.36 Å². The molecule has 5 rings (SSSR count). The van der Waals surface area contributed by atoms with Crippen LogP contribution in [0.5, 0.6) is 0 Å². The number of hydrogen-bond donors (Lipinski definition) is 4. The first-order chi connectivity index (χ1) is 17.8. The minimum Gasteiger partial charge on any atom is -0.393 e. The lowest BCUT2D eigenvalue weighted by atomic mass is 9.85. The van der Waals surface area contributed by atoms with Gasteiger partial charge in [0, 0.05) is 36.6 Å². The summed E-state index contributed by atoms with van der Waals surface area (Å²) in [5.74, 6) is -3.20. The number of imidazole rings is 1. The number of nitrogens with one attached hydrogen (secondary N) is 2. The highest BCUT2D eigenvalue weighted by molar-refractivity contribution is 5.78. The number of carbonyl (C=O) groups excluding carboxylic acids is 1. The average molecular weight is 518 g/mol. The van der Waals surface area contributed by atoms with Crippen LogP contribution in [0.4, 0.5) is 30.8 Å². The van der Waals surface area contributed by atoms with Crippen molar-refractivity contribution in [1.29, 1.82) is 0 Å². The Hall–Kier alpha value is -3.41. The van der Waals surface area contributed by atoms with Gasteiger partial charge in [-0.05, 0) is 38.5 Å². The fourth-order valence-corrected chi connectivity index (χ4v) is 5.45. The third-order valence-electron chi connectivity index (χ3n) is 7.53. The van der Waals surface area contributed by atoms with Crippen LogP contribution in [0.2, 0.25) is 0 Å². The molecule has 2 heterocycles. The molecule has 2 aliphatic carbocycles. The largest absolute Gasteiger partial charge is 0.393 e. The van der Waals surface area contributed by atoms with Crippen LogP contribution in [0.3, 0.4) is 0 Å². The highest BCUT2D eigenvalue weighted by Crippen LogP contribution is 2.37. The molecule has 2 fully saturated rings. The van der Waals surface area contributed by atoms with E-state index in [1.165, 1.54) is 6.20 Å². The monoisotopic (exact) mass is 517 g/mol. The standard InChI is InChI=1S/C25H30F3N7O2/c26-15-9-17(27)21(18(28)10-15)33-25-32-19-12-31-24(30-11-14-3-1-2-4-20(14)36)34-23(19)35(25)16-7-5-13(6-8-16)22(29)37/h9-10,12-14,16,20,36H,1-8,11H2,(H2,29,37)(H,32,33)(H,30,31,34)/t13-,14?,16+,20-/m0/s1. The van der Waals surface area contributed by atoms with E-state index in [-0.39, 0.29) is 35.8 Å². The summed E-state index contributed by atoms with van der Waals surface area (Å²) in [6, 6.07) is 1.02. The van der Waals surface area contributed by atoms with Gasteiger partial charge in [-0.15, -0.1) is 0 Å². The Balaban J connectivity index is 1.48. The van der Waals surface area contributed by atoms with Crippen LogP contribution in [0, 0.1) is 29.3 Å². The van der Waals surface area contributed by atoms with Gasteiger partial charge >= 0.3 is 0 Å². The highest BCUT2D eigenvalue weighted by Gasteiger charge is 2.30. The normalized spacial score (nSPS) is 24.2. The third kappa shape index (κ3) is 5.34. The van der Waals surface area contributed by atoms with Gasteiger partial charge in [0.15, 0.2) is 17.3 Å². The summed E-state index contributed by atoms with van der Waals surface area (Å²) >= 11 is 0. The first kappa shape index (κ1) is 25.2. The molecule has 0 spiro atoms. The zero-order valence-electron chi connectivity index (χ0n) is 20.3. The number of benzene rings is 1. The van der Waals surface area contributed by atoms with E-state index in [9.17, 15) is 23.1 Å². The lowest BCUT2D eigenvalue weighted by molar-refractivity contribution is -0.122. The van der Waals surface area contributed by atoms with Gasteiger partial charge in [-0.1, -0.05) is 12.8 Å². The maximum Gasteiger partial charge on any atom is 0.224 e. The minimum atomic E-state index is -1.09. The number of halogens is 3. The van der Waals surface area contributed by atoms with Crippen LogP contribution in [0.15, 0.2) is 18.3 Å². The first-order valence-electron chi connectivity index (χ1n) is 12.7. The van der Waals surface area contributed by atoms with Gasteiger partial charge in [-0.25, -0.2) is 23.1 Å². The Kier molecular flexibility index (Phi) is 7.18. The van der Waals surface area contributed by atoms with E-state index < -0.39 is 23.1 Å². The molecule has 2 aliphatic rings. The summed E-state index contributed by atoms with van der Waals surface area (Å²) in [7, 11) is 0. The van der Waals surface area contributed by atoms with Crippen LogP contribution < -0.4 is 16.4 Å². The van der Waals surface area contributed by atoms with Gasteiger partial charge in [0.25, 0.3) is 0 Å². The number of anilines is 3. The van der Waals surface area contributed by atoms with Crippen molar-refractivity contribution in [2.75, 3.05) is 17.2 Å². The van der Waals surface area contributed by atoms with Crippen LogP contribution in [0.1, 0.15) is 57.4 Å². The number of amides is 1. The maximum absolute atomic E-state index is 14.5. The molecule has 2 saturated carbocycles. The molecule has 1 aromatic carbocycles. The lowest BCUT2D eigenvalue weighted by Gasteiger charge is -2.29. The molecule has 37 heavy (non-hydrogen) atoms. The number of fused-ring (bicyclic) bond motifs is 1. The van der Waals surface area contributed by atoms with Crippen molar-refractivity contribution < 1.29 is 23.1 Å². The molecule has 0 saturated heterocycles. The van der Waals surface area contributed by atoms with Gasteiger partial charge in [-0.2, -0.15) is 4.98 Å². The van der Waals surface area contributed by atoms with E-state index in [4.69, 9.17) is 5.73 Å². The second-order valence-corrected chi connectivity index (χ2v) is 9.98. The molecular weight excluding hydrogens is 487 g/mol. The number of nitrogens with zero attached hydrogens (tertiary/aromatic N) is 4. The van der Waals surface area contributed by atoms with Crippen LogP contribution in [-0.4, -0.2) is 43.2 Å². The maximum atomic E-state index is 14.5.